The van der Waals surface area contributed by atoms with E-state index in [0.29, 0.717) is 36.7 Å². The van der Waals surface area contributed by atoms with E-state index >= 15 is 0 Å². The van der Waals surface area contributed by atoms with E-state index in [0.717, 1.165) is 22.7 Å². The zero-order valence-corrected chi connectivity index (χ0v) is 17.3. The van der Waals surface area contributed by atoms with E-state index in [1.165, 1.54) is 0 Å². The average molecular weight is 410 g/mol. The Morgan fingerprint density at radius 1 is 1.10 bits per heavy atom. The van der Waals surface area contributed by atoms with Crippen molar-refractivity contribution in [1.82, 2.24) is 14.8 Å². The smallest absolute Gasteiger partial charge is 0.336 e. The number of hydrogen-bond donors (Lipinski definition) is 2. The van der Waals surface area contributed by atoms with Crippen LogP contribution in [0, 0.1) is 5.92 Å². The fraction of sp³-hybridized carbons (Fsp3) is 0.364. The molecule has 30 heavy (non-hydrogen) atoms. The van der Waals surface area contributed by atoms with E-state index in [4.69, 9.17) is 14.2 Å². The van der Waals surface area contributed by atoms with Crippen LogP contribution in [0.15, 0.2) is 42.5 Å². The predicted octanol–water partition coefficient (Wildman–Crippen LogP) is 3.49. The molecule has 0 radical (unpaired) electrons. The van der Waals surface area contributed by atoms with Crippen LogP contribution in [-0.2, 0) is 0 Å². The molecule has 2 aromatic carbocycles. The standard InChI is InChI=1S/C22H26N4O4/c1-14(2)12-28-22-24-21(16-4-9-19-20(10-16)30-13-29-19)26(25-22)18-7-5-17(6-8-18)23-11-15(3)27/h4-10,14-15,23,27H,11-13H2,1-3H3. The van der Waals surface area contributed by atoms with Crippen LogP contribution in [0.1, 0.15) is 20.8 Å². The van der Waals surface area contributed by atoms with Crippen LogP contribution in [0.3, 0.4) is 0 Å². The van der Waals surface area contributed by atoms with Crippen molar-refractivity contribution in [3.63, 3.8) is 0 Å². The van der Waals surface area contributed by atoms with E-state index in [1.54, 1.807) is 11.6 Å². The molecule has 1 aliphatic heterocycles. The number of anilines is 1. The summed E-state index contributed by atoms with van der Waals surface area (Å²) in [6.45, 7) is 7.14. The largest absolute Gasteiger partial charge is 0.462 e. The van der Waals surface area contributed by atoms with Crippen molar-refractivity contribution in [2.24, 2.45) is 5.92 Å². The van der Waals surface area contributed by atoms with Gasteiger partial charge in [-0.1, -0.05) is 13.8 Å². The Morgan fingerprint density at radius 3 is 2.60 bits per heavy atom. The van der Waals surface area contributed by atoms with Gasteiger partial charge >= 0.3 is 6.01 Å². The van der Waals surface area contributed by atoms with E-state index in [2.05, 4.69) is 29.2 Å². The van der Waals surface area contributed by atoms with Gasteiger partial charge in [0, 0.05) is 17.8 Å². The molecule has 8 nitrogen and oxygen atoms in total. The van der Waals surface area contributed by atoms with Crippen LogP contribution in [0.25, 0.3) is 17.1 Å². The molecule has 2 heterocycles. The summed E-state index contributed by atoms with van der Waals surface area (Å²) in [5.41, 5.74) is 2.61. The van der Waals surface area contributed by atoms with Gasteiger partial charge in [0.05, 0.1) is 18.4 Å². The highest BCUT2D eigenvalue weighted by Crippen LogP contribution is 2.36. The van der Waals surface area contributed by atoms with E-state index in [-0.39, 0.29) is 6.79 Å². The van der Waals surface area contributed by atoms with Crippen LogP contribution in [-0.4, -0.2) is 45.9 Å². The van der Waals surface area contributed by atoms with Crippen molar-refractivity contribution in [2.45, 2.75) is 26.9 Å². The third-order valence-corrected chi connectivity index (χ3v) is 4.48. The van der Waals surface area contributed by atoms with Crippen LogP contribution in [0.4, 0.5) is 5.69 Å². The minimum atomic E-state index is -0.418. The Balaban J connectivity index is 1.67. The second kappa shape index (κ2) is 8.62. The molecule has 0 bridgehead atoms. The lowest BCUT2D eigenvalue weighted by Gasteiger charge is -2.10. The molecule has 0 saturated carbocycles. The van der Waals surface area contributed by atoms with E-state index in [1.807, 2.05) is 42.5 Å². The lowest BCUT2D eigenvalue weighted by Crippen LogP contribution is -2.15. The third kappa shape index (κ3) is 4.49. The highest BCUT2D eigenvalue weighted by atomic mass is 16.7. The molecule has 0 saturated heterocycles. The molecule has 2 N–H and O–H groups in total. The molecule has 1 aliphatic rings. The van der Waals surface area contributed by atoms with Crippen LogP contribution >= 0.6 is 0 Å². The first kappa shape index (κ1) is 20.0. The zero-order valence-electron chi connectivity index (χ0n) is 17.3. The zero-order chi connectivity index (χ0) is 21.1. The highest BCUT2D eigenvalue weighted by molar-refractivity contribution is 5.64. The van der Waals surface area contributed by atoms with Gasteiger partial charge < -0.3 is 24.6 Å². The van der Waals surface area contributed by atoms with Gasteiger partial charge in [-0.3, -0.25) is 0 Å². The van der Waals surface area contributed by atoms with Crippen molar-refractivity contribution in [3.05, 3.63) is 42.5 Å². The molecule has 0 spiro atoms. The number of nitrogens with zero attached hydrogens (tertiary/aromatic N) is 3. The first-order valence-electron chi connectivity index (χ1n) is 10.0. The van der Waals surface area contributed by atoms with Crippen LogP contribution < -0.4 is 19.5 Å². The van der Waals surface area contributed by atoms with Crippen molar-refractivity contribution < 1.29 is 19.3 Å². The number of rotatable bonds is 8. The number of fused-ring (bicyclic) bond motifs is 1. The monoisotopic (exact) mass is 410 g/mol. The molecule has 8 heteroatoms. The quantitative estimate of drug-likeness (QED) is 0.587. The van der Waals surface area contributed by atoms with E-state index in [9.17, 15) is 5.11 Å². The fourth-order valence-corrected chi connectivity index (χ4v) is 2.98. The van der Waals surface area contributed by atoms with Gasteiger partial charge in [-0.15, -0.1) is 5.10 Å². The summed E-state index contributed by atoms with van der Waals surface area (Å²) in [6, 6.07) is 13.8. The molecule has 158 valence electrons. The summed E-state index contributed by atoms with van der Waals surface area (Å²) >= 11 is 0. The SMILES string of the molecule is CC(C)COc1nc(-c2ccc3c(c2)OCO3)n(-c2ccc(NCC(C)O)cc2)n1. The second-order valence-corrected chi connectivity index (χ2v) is 7.68. The summed E-state index contributed by atoms with van der Waals surface area (Å²) in [7, 11) is 0. The summed E-state index contributed by atoms with van der Waals surface area (Å²) in [5, 5.41) is 17.2. The molecule has 1 unspecified atom stereocenters. The van der Waals surface area contributed by atoms with Gasteiger partial charge in [0.15, 0.2) is 17.3 Å². The molecule has 3 aromatic rings. The van der Waals surface area contributed by atoms with Gasteiger partial charge in [0.2, 0.25) is 6.79 Å². The Labute approximate surface area is 175 Å². The number of aliphatic hydroxyl groups is 1. The second-order valence-electron chi connectivity index (χ2n) is 7.68. The van der Waals surface area contributed by atoms with Gasteiger partial charge in [-0.05, 0) is 55.3 Å². The molecule has 1 aromatic heterocycles. The Kier molecular flexibility index (Phi) is 5.76. The molecule has 0 amide bonds. The minimum absolute atomic E-state index is 0.217. The fourth-order valence-electron chi connectivity index (χ4n) is 2.98. The Morgan fingerprint density at radius 2 is 1.87 bits per heavy atom. The minimum Gasteiger partial charge on any atom is -0.462 e. The first-order chi connectivity index (χ1) is 14.5. The molecule has 1 atom stereocenters. The molecular weight excluding hydrogens is 384 g/mol. The number of aromatic nitrogens is 3. The maximum Gasteiger partial charge on any atom is 0.336 e. The molecule has 0 fully saturated rings. The van der Waals surface area contributed by atoms with Crippen molar-refractivity contribution in [2.75, 3.05) is 25.3 Å². The molecule has 0 aliphatic carbocycles. The normalized spacial score (nSPS) is 13.5. The van der Waals surface area contributed by atoms with Crippen LogP contribution in [0.2, 0.25) is 0 Å². The van der Waals surface area contributed by atoms with E-state index < -0.39 is 6.10 Å². The van der Waals surface area contributed by atoms with Gasteiger partial charge in [-0.2, -0.15) is 4.98 Å². The maximum absolute atomic E-state index is 9.45. The average Bonchev–Trinajstić information content (AvgIpc) is 3.37. The summed E-state index contributed by atoms with van der Waals surface area (Å²) in [4.78, 5) is 4.62. The van der Waals surface area contributed by atoms with Crippen molar-refractivity contribution in [3.8, 4) is 34.6 Å². The number of benzene rings is 2. The first-order valence-corrected chi connectivity index (χ1v) is 10.0. The van der Waals surface area contributed by atoms with Gasteiger partial charge in [-0.25, -0.2) is 4.68 Å². The number of hydrogen-bond acceptors (Lipinski definition) is 7. The van der Waals surface area contributed by atoms with Gasteiger partial charge in [0.25, 0.3) is 0 Å². The number of nitrogens with one attached hydrogen (secondary N) is 1. The van der Waals surface area contributed by atoms with Gasteiger partial charge in [0.1, 0.15) is 0 Å². The molecule has 4 rings (SSSR count). The summed E-state index contributed by atoms with van der Waals surface area (Å²) in [6.07, 6.45) is -0.418. The summed E-state index contributed by atoms with van der Waals surface area (Å²) in [5.74, 6) is 2.42. The third-order valence-electron chi connectivity index (χ3n) is 4.48. The highest BCUT2D eigenvalue weighted by Gasteiger charge is 2.19. The number of ether oxygens (including phenoxy) is 3. The van der Waals surface area contributed by atoms with Crippen LogP contribution in [0.5, 0.6) is 17.5 Å². The Bertz CT molecular complexity index is 999. The van der Waals surface area contributed by atoms with Crippen molar-refractivity contribution >= 4 is 5.69 Å². The summed E-state index contributed by atoms with van der Waals surface area (Å²) < 4.78 is 18.5. The lowest BCUT2D eigenvalue weighted by molar-refractivity contribution is 0.174. The predicted molar refractivity (Wildman–Crippen MR) is 113 cm³/mol. The number of aliphatic hydroxyl groups excluding tert-OH is 1. The Hall–Kier alpha value is -3.26. The molecular formula is C22H26N4O4. The lowest BCUT2D eigenvalue weighted by atomic mass is 10.2. The van der Waals surface area contributed by atoms with Crippen molar-refractivity contribution in [1.29, 1.82) is 0 Å². The maximum atomic E-state index is 9.45. The topological polar surface area (TPSA) is 90.7 Å².